The number of nitrogens with one attached hydrogen (secondary N) is 1. The highest BCUT2D eigenvalue weighted by molar-refractivity contribution is 5.87. The van der Waals surface area contributed by atoms with Crippen LogP contribution in [-0.4, -0.2) is 28.9 Å². The Kier molecular flexibility index (Phi) is 5.19. The van der Waals surface area contributed by atoms with Crippen molar-refractivity contribution in [1.29, 1.82) is 0 Å². The molecule has 2 rings (SSSR count). The molecule has 0 aliphatic carbocycles. The summed E-state index contributed by atoms with van der Waals surface area (Å²) in [6.07, 6.45) is 1.32. The molecule has 0 radical (unpaired) electrons. The van der Waals surface area contributed by atoms with Crippen LogP contribution in [0.4, 0.5) is 0 Å². The highest BCUT2D eigenvalue weighted by Crippen LogP contribution is 2.24. The van der Waals surface area contributed by atoms with Crippen molar-refractivity contribution in [3.63, 3.8) is 0 Å². The number of nitrogens with zero attached hydrogens (tertiary/aromatic N) is 1. The minimum atomic E-state index is -0.416. The van der Waals surface area contributed by atoms with Crippen molar-refractivity contribution in [2.75, 3.05) is 6.61 Å². The number of phenols is 2. The molecule has 0 heterocycles. The molecular weight excluding hydrogens is 296 g/mol. The number of para-hydroxylation sites is 1. The predicted octanol–water partition coefficient (Wildman–Crippen LogP) is 2.24. The highest BCUT2D eigenvalue weighted by Gasteiger charge is 2.06. The normalized spacial score (nSPS) is 10.7. The summed E-state index contributed by atoms with van der Waals surface area (Å²) in [6, 6.07) is 10.1. The molecule has 0 spiro atoms. The molecule has 23 heavy (non-hydrogen) atoms. The monoisotopic (exact) mass is 314 g/mol. The van der Waals surface area contributed by atoms with E-state index in [0.717, 1.165) is 5.56 Å². The van der Waals surface area contributed by atoms with Gasteiger partial charge in [-0.2, -0.15) is 5.10 Å². The van der Waals surface area contributed by atoms with Gasteiger partial charge in [0.05, 0.1) is 6.21 Å². The summed E-state index contributed by atoms with van der Waals surface area (Å²) in [5, 5.41) is 22.9. The number of carbonyl (C=O) groups excluding carboxylic acids is 1. The number of carbonyl (C=O) groups is 1. The molecule has 6 heteroatoms. The van der Waals surface area contributed by atoms with Crippen molar-refractivity contribution in [3.05, 3.63) is 53.1 Å². The number of hydrogen-bond acceptors (Lipinski definition) is 5. The van der Waals surface area contributed by atoms with Gasteiger partial charge in [0, 0.05) is 11.6 Å². The zero-order chi connectivity index (χ0) is 16.8. The van der Waals surface area contributed by atoms with Crippen LogP contribution in [-0.2, 0) is 4.79 Å². The number of hydrogen-bond donors (Lipinski definition) is 3. The number of amides is 1. The largest absolute Gasteiger partial charge is 0.508 e. The van der Waals surface area contributed by atoms with E-state index in [4.69, 9.17) is 4.74 Å². The van der Waals surface area contributed by atoms with Gasteiger partial charge in [-0.05, 0) is 37.1 Å². The Morgan fingerprint density at radius 1 is 1.22 bits per heavy atom. The van der Waals surface area contributed by atoms with Gasteiger partial charge in [-0.1, -0.05) is 18.2 Å². The van der Waals surface area contributed by atoms with E-state index < -0.39 is 5.91 Å². The van der Waals surface area contributed by atoms with Gasteiger partial charge in [-0.3, -0.25) is 4.79 Å². The highest BCUT2D eigenvalue weighted by atomic mass is 16.5. The quantitative estimate of drug-likeness (QED) is 0.583. The Balaban J connectivity index is 1.91. The molecule has 2 aromatic carbocycles. The smallest absolute Gasteiger partial charge is 0.277 e. The first-order valence-electron chi connectivity index (χ1n) is 7.00. The maximum absolute atomic E-state index is 11.7. The van der Waals surface area contributed by atoms with Crippen LogP contribution in [0.15, 0.2) is 41.5 Å². The minimum Gasteiger partial charge on any atom is -0.508 e. The van der Waals surface area contributed by atoms with E-state index in [1.165, 1.54) is 18.3 Å². The van der Waals surface area contributed by atoms with E-state index >= 15 is 0 Å². The lowest BCUT2D eigenvalue weighted by Crippen LogP contribution is -2.24. The molecule has 6 nitrogen and oxygen atoms in total. The molecule has 120 valence electrons. The van der Waals surface area contributed by atoms with Crippen LogP contribution >= 0.6 is 0 Å². The van der Waals surface area contributed by atoms with Crippen LogP contribution in [0.3, 0.4) is 0 Å². The number of hydrazone groups is 1. The fourth-order valence-electron chi connectivity index (χ4n) is 1.99. The van der Waals surface area contributed by atoms with Crippen LogP contribution in [0.5, 0.6) is 17.2 Å². The first-order chi connectivity index (χ1) is 11.0. The van der Waals surface area contributed by atoms with Crippen molar-refractivity contribution in [3.8, 4) is 17.2 Å². The number of aryl methyl sites for hydroxylation is 2. The number of ether oxygens (including phenoxy) is 1. The zero-order valence-corrected chi connectivity index (χ0v) is 12.9. The second-order valence-corrected chi connectivity index (χ2v) is 5.04. The lowest BCUT2D eigenvalue weighted by molar-refractivity contribution is -0.123. The second-order valence-electron chi connectivity index (χ2n) is 5.04. The van der Waals surface area contributed by atoms with Crippen LogP contribution in [0.1, 0.15) is 16.7 Å². The summed E-state index contributed by atoms with van der Waals surface area (Å²) in [6.45, 7) is 3.44. The summed E-state index contributed by atoms with van der Waals surface area (Å²) < 4.78 is 5.40. The molecule has 0 unspecified atom stereocenters. The fraction of sp³-hybridized carbons (Fsp3) is 0.176. The third kappa shape index (κ3) is 4.47. The summed E-state index contributed by atoms with van der Waals surface area (Å²) in [5.41, 5.74) is 4.32. The molecule has 0 bridgehead atoms. The number of benzene rings is 2. The van der Waals surface area contributed by atoms with Gasteiger partial charge in [0.25, 0.3) is 5.91 Å². The average Bonchev–Trinajstić information content (AvgIpc) is 2.49. The maximum Gasteiger partial charge on any atom is 0.277 e. The molecule has 0 atom stereocenters. The van der Waals surface area contributed by atoms with E-state index in [1.807, 2.05) is 25.1 Å². The van der Waals surface area contributed by atoms with Crippen LogP contribution in [0.2, 0.25) is 0 Å². The third-order valence-corrected chi connectivity index (χ3v) is 3.19. The SMILES string of the molecule is Cc1ccccc1OCC(=O)N/N=C\c1c(C)cc(O)cc1O. The second kappa shape index (κ2) is 7.31. The van der Waals surface area contributed by atoms with Crippen molar-refractivity contribution >= 4 is 12.1 Å². The van der Waals surface area contributed by atoms with E-state index in [0.29, 0.717) is 16.9 Å². The molecule has 3 N–H and O–H groups in total. The Morgan fingerprint density at radius 2 is 1.96 bits per heavy atom. The average molecular weight is 314 g/mol. The Hall–Kier alpha value is -3.02. The van der Waals surface area contributed by atoms with Crippen molar-refractivity contribution in [2.24, 2.45) is 5.10 Å². The molecule has 0 aliphatic heterocycles. The topological polar surface area (TPSA) is 91.2 Å². The maximum atomic E-state index is 11.7. The van der Waals surface area contributed by atoms with Gasteiger partial charge in [0.2, 0.25) is 0 Å². The van der Waals surface area contributed by atoms with Crippen molar-refractivity contribution in [2.45, 2.75) is 13.8 Å². The Bertz CT molecular complexity index is 718. The third-order valence-electron chi connectivity index (χ3n) is 3.19. The Morgan fingerprint density at radius 3 is 2.65 bits per heavy atom. The summed E-state index contributed by atoms with van der Waals surface area (Å²) in [5.74, 6) is 0.0727. The van der Waals surface area contributed by atoms with E-state index in [-0.39, 0.29) is 18.1 Å². The molecule has 2 aromatic rings. The molecule has 1 amide bonds. The molecule has 0 saturated carbocycles. The lowest BCUT2D eigenvalue weighted by Gasteiger charge is -2.07. The number of rotatable bonds is 5. The minimum absolute atomic E-state index is 0.0344. The van der Waals surface area contributed by atoms with E-state index in [1.54, 1.807) is 13.0 Å². The fourth-order valence-corrected chi connectivity index (χ4v) is 1.99. The first-order valence-corrected chi connectivity index (χ1v) is 7.00. The Labute approximate surface area is 134 Å². The van der Waals surface area contributed by atoms with Gasteiger partial charge in [0.15, 0.2) is 6.61 Å². The summed E-state index contributed by atoms with van der Waals surface area (Å²) in [4.78, 5) is 11.7. The molecular formula is C17H18N2O4. The molecule has 0 fully saturated rings. The van der Waals surface area contributed by atoms with E-state index in [9.17, 15) is 15.0 Å². The van der Waals surface area contributed by atoms with Gasteiger partial charge in [0.1, 0.15) is 17.2 Å². The van der Waals surface area contributed by atoms with Crippen molar-refractivity contribution < 1.29 is 19.7 Å². The predicted molar refractivity (Wildman–Crippen MR) is 86.9 cm³/mol. The van der Waals surface area contributed by atoms with Crippen molar-refractivity contribution in [1.82, 2.24) is 5.43 Å². The van der Waals surface area contributed by atoms with Crippen LogP contribution in [0.25, 0.3) is 0 Å². The van der Waals surface area contributed by atoms with Gasteiger partial charge in [-0.15, -0.1) is 0 Å². The van der Waals surface area contributed by atoms with Crippen LogP contribution < -0.4 is 10.2 Å². The van der Waals surface area contributed by atoms with Gasteiger partial charge >= 0.3 is 0 Å². The first kappa shape index (κ1) is 16.4. The number of aromatic hydroxyl groups is 2. The molecule has 0 aliphatic rings. The van der Waals surface area contributed by atoms with Crippen LogP contribution in [0, 0.1) is 13.8 Å². The molecule has 0 aromatic heterocycles. The summed E-state index contributed by atoms with van der Waals surface area (Å²) >= 11 is 0. The van der Waals surface area contributed by atoms with Gasteiger partial charge in [-0.25, -0.2) is 5.43 Å². The van der Waals surface area contributed by atoms with Gasteiger partial charge < -0.3 is 14.9 Å². The zero-order valence-electron chi connectivity index (χ0n) is 12.9. The van der Waals surface area contributed by atoms with E-state index in [2.05, 4.69) is 10.5 Å². The molecule has 0 saturated heterocycles. The number of phenolic OH excluding ortho intramolecular Hbond substituents is 2. The lowest BCUT2D eigenvalue weighted by atomic mass is 10.1. The standard InChI is InChI=1S/C17H18N2O4/c1-11-5-3-4-6-16(11)23-10-17(22)19-18-9-14-12(2)7-13(20)8-15(14)21/h3-9,20-21H,10H2,1-2H3,(H,19,22)/b18-9-. The summed E-state index contributed by atoms with van der Waals surface area (Å²) in [7, 11) is 0.